The number of aryl methyl sites for hydroxylation is 1. The first-order chi connectivity index (χ1) is 16.7. The monoisotopic (exact) mass is 450 g/mol. The summed E-state index contributed by atoms with van der Waals surface area (Å²) in [6.45, 7) is 0.366. The van der Waals surface area contributed by atoms with Gasteiger partial charge < -0.3 is 19.0 Å². The van der Waals surface area contributed by atoms with Gasteiger partial charge in [0.25, 0.3) is 0 Å². The van der Waals surface area contributed by atoms with Crippen LogP contribution in [0.3, 0.4) is 0 Å². The Morgan fingerprint density at radius 3 is 2.56 bits per heavy atom. The van der Waals surface area contributed by atoms with Crippen molar-refractivity contribution in [3.05, 3.63) is 120 Å². The Labute approximate surface area is 198 Å². The van der Waals surface area contributed by atoms with Crippen molar-refractivity contribution in [2.75, 3.05) is 0 Å². The minimum absolute atomic E-state index is 0.0382. The average molecular weight is 451 g/mol. The SMILES string of the molecule is Cn1cc([C@H](CC(=O)NCc2ccco2)c2cccc(Oc3ccccc3)c2)c2ccccc21. The summed E-state index contributed by atoms with van der Waals surface area (Å²) in [5, 5.41) is 4.14. The number of furan rings is 1. The molecule has 0 spiro atoms. The first kappa shape index (κ1) is 21.6. The highest BCUT2D eigenvalue weighted by Crippen LogP contribution is 2.36. The van der Waals surface area contributed by atoms with Gasteiger partial charge in [-0.1, -0.05) is 48.5 Å². The van der Waals surface area contributed by atoms with Crippen molar-refractivity contribution in [2.45, 2.75) is 18.9 Å². The summed E-state index contributed by atoms with van der Waals surface area (Å²) in [4.78, 5) is 13.0. The lowest BCUT2D eigenvalue weighted by Crippen LogP contribution is -2.24. The van der Waals surface area contributed by atoms with Crippen molar-refractivity contribution in [3.63, 3.8) is 0 Å². The van der Waals surface area contributed by atoms with Gasteiger partial charge in [-0.2, -0.15) is 0 Å². The van der Waals surface area contributed by atoms with Gasteiger partial charge >= 0.3 is 0 Å². The molecule has 0 fully saturated rings. The van der Waals surface area contributed by atoms with E-state index in [1.54, 1.807) is 6.26 Å². The van der Waals surface area contributed by atoms with Crippen LogP contribution in [0.1, 0.15) is 29.2 Å². The third-order valence-electron chi connectivity index (χ3n) is 5.97. The maximum Gasteiger partial charge on any atom is 0.221 e. The van der Waals surface area contributed by atoms with Crippen molar-refractivity contribution in [3.8, 4) is 11.5 Å². The summed E-state index contributed by atoms with van der Waals surface area (Å²) >= 11 is 0. The summed E-state index contributed by atoms with van der Waals surface area (Å²) < 4.78 is 13.6. The third kappa shape index (κ3) is 4.74. The second-order valence-corrected chi connectivity index (χ2v) is 8.31. The van der Waals surface area contributed by atoms with Gasteiger partial charge in [0.05, 0.1) is 12.8 Å². The van der Waals surface area contributed by atoms with E-state index in [1.807, 2.05) is 79.8 Å². The third-order valence-corrected chi connectivity index (χ3v) is 5.97. The summed E-state index contributed by atoms with van der Waals surface area (Å²) in [5.41, 5.74) is 3.27. The predicted octanol–water partition coefficient (Wildman–Crippen LogP) is 6.40. The Morgan fingerprint density at radius 2 is 1.74 bits per heavy atom. The molecule has 3 aromatic carbocycles. The van der Waals surface area contributed by atoms with Gasteiger partial charge in [0.15, 0.2) is 0 Å². The van der Waals surface area contributed by atoms with E-state index < -0.39 is 0 Å². The number of fused-ring (bicyclic) bond motifs is 1. The second kappa shape index (κ2) is 9.71. The molecule has 5 aromatic rings. The number of aromatic nitrogens is 1. The lowest BCUT2D eigenvalue weighted by atomic mass is 9.88. The molecule has 1 amide bonds. The number of rotatable bonds is 8. The molecule has 5 heteroatoms. The minimum Gasteiger partial charge on any atom is -0.467 e. The molecule has 0 radical (unpaired) electrons. The molecule has 5 rings (SSSR count). The van der Waals surface area contributed by atoms with E-state index in [4.69, 9.17) is 9.15 Å². The number of ether oxygens (including phenoxy) is 1. The van der Waals surface area contributed by atoms with Crippen LogP contribution in [0.15, 0.2) is 108 Å². The summed E-state index contributed by atoms with van der Waals surface area (Å²) in [7, 11) is 2.04. The van der Waals surface area contributed by atoms with Crippen molar-refractivity contribution < 1.29 is 13.9 Å². The van der Waals surface area contributed by atoms with Gasteiger partial charge in [-0.05, 0) is 53.6 Å². The molecular weight excluding hydrogens is 424 g/mol. The molecular formula is C29H26N2O3. The topological polar surface area (TPSA) is 56.4 Å². The van der Waals surface area contributed by atoms with Gasteiger partial charge in [-0.3, -0.25) is 4.79 Å². The van der Waals surface area contributed by atoms with Gasteiger partial charge in [0.2, 0.25) is 5.91 Å². The first-order valence-corrected chi connectivity index (χ1v) is 11.3. The number of hydrogen-bond donors (Lipinski definition) is 1. The normalized spacial score (nSPS) is 11.9. The Kier molecular flexibility index (Phi) is 6.17. The van der Waals surface area contributed by atoms with Crippen molar-refractivity contribution >= 4 is 16.8 Å². The molecule has 0 saturated heterocycles. The van der Waals surface area contributed by atoms with Gasteiger partial charge in [0, 0.05) is 36.5 Å². The van der Waals surface area contributed by atoms with Gasteiger partial charge in [0.1, 0.15) is 17.3 Å². The first-order valence-electron chi connectivity index (χ1n) is 11.3. The van der Waals surface area contributed by atoms with Crippen LogP contribution in [0.5, 0.6) is 11.5 Å². The Morgan fingerprint density at radius 1 is 0.941 bits per heavy atom. The number of nitrogens with zero attached hydrogens (tertiary/aromatic N) is 1. The average Bonchev–Trinajstić information content (AvgIpc) is 3.50. The smallest absolute Gasteiger partial charge is 0.221 e. The zero-order chi connectivity index (χ0) is 23.3. The fourth-order valence-corrected chi connectivity index (χ4v) is 4.33. The van der Waals surface area contributed by atoms with Gasteiger partial charge in [-0.25, -0.2) is 0 Å². The predicted molar refractivity (Wildman–Crippen MR) is 133 cm³/mol. The Bertz CT molecular complexity index is 1390. The molecule has 0 bridgehead atoms. The molecule has 5 nitrogen and oxygen atoms in total. The van der Waals surface area contributed by atoms with E-state index in [2.05, 4.69) is 34.3 Å². The number of benzene rings is 3. The molecule has 34 heavy (non-hydrogen) atoms. The Balaban J connectivity index is 1.47. The van der Waals surface area contributed by atoms with E-state index in [0.29, 0.717) is 13.0 Å². The van der Waals surface area contributed by atoms with Crippen molar-refractivity contribution in [2.24, 2.45) is 7.05 Å². The quantitative estimate of drug-likeness (QED) is 0.297. The highest BCUT2D eigenvalue weighted by atomic mass is 16.5. The number of nitrogens with one attached hydrogen (secondary N) is 1. The fourth-order valence-electron chi connectivity index (χ4n) is 4.33. The van der Waals surface area contributed by atoms with Crippen LogP contribution in [0.25, 0.3) is 10.9 Å². The second-order valence-electron chi connectivity index (χ2n) is 8.31. The van der Waals surface area contributed by atoms with Crippen LogP contribution in [0.2, 0.25) is 0 Å². The summed E-state index contributed by atoms with van der Waals surface area (Å²) in [6, 6.07) is 29.7. The zero-order valence-electron chi connectivity index (χ0n) is 19.0. The number of carbonyl (C=O) groups is 1. The molecule has 0 aliphatic heterocycles. The largest absolute Gasteiger partial charge is 0.467 e. The maximum atomic E-state index is 13.0. The molecule has 0 aliphatic carbocycles. The maximum absolute atomic E-state index is 13.0. The van der Waals surface area contributed by atoms with Crippen LogP contribution < -0.4 is 10.1 Å². The van der Waals surface area contributed by atoms with Crippen LogP contribution in [0, 0.1) is 0 Å². The van der Waals surface area contributed by atoms with E-state index in [-0.39, 0.29) is 11.8 Å². The van der Waals surface area contributed by atoms with E-state index >= 15 is 0 Å². The molecule has 0 unspecified atom stereocenters. The van der Waals surface area contributed by atoms with Crippen LogP contribution >= 0.6 is 0 Å². The van der Waals surface area contributed by atoms with Crippen LogP contribution in [-0.2, 0) is 18.4 Å². The molecule has 2 heterocycles. The van der Waals surface area contributed by atoms with E-state index in [9.17, 15) is 4.79 Å². The van der Waals surface area contributed by atoms with Crippen LogP contribution in [0.4, 0.5) is 0 Å². The van der Waals surface area contributed by atoms with E-state index in [0.717, 1.165) is 39.3 Å². The number of para-hydroxylation sites is 2. The molecule has 1 atom stereocenters. The minimum atomic E-state index is -0.137. The molecule has 0 saturated carbocycles. The lowest BCUT2D eigenvalue weighted by molar-refractivity contribution is -0.121. The molecule has 1 N–H and O–H groups in total. The molecule has 170 valence electrons. The number of carbonyl (C=O) groups excluding carboxylic acids is 1. The summed E-state index contributed by atoms with van der Waals surface area (Å²) in [6.07, 6.45) is 4.04. The summed E-state index contributed by atoms with van der Waals surface area (Å²) in [5.74, 6) is 2.07. The molecule has 2 aromatic heterocycles. The number of amides is 1. The lowest BCUT2D eigenvalue weighted by Gasteiger charge is -2.18. The van der Waals surface area contributed by atoms with E-state index in [1.165, 1.54) is 0 Å². The van der Waals surface area contributed by atoms with Crippen molar-refractivity contribution in [1.29, 1.82) is 0 Å². The fraction of sp³-hybridized carbons (Fsp3) is 0.138. The standard InChI is InChI=1S/C29H26N2O3/c1-31-20-27(25-14-5-6-15-28(25)31)26(18-29(32)30-19-24-13-8-16-33-24)21-9-7-12-23(17-21)34-22-10-3-2-4-11-22/h2-17,20,26H,18-19H2,1H3,(H,30,32)/t26-/m1/s1. The zero-order valence-corrected chi connectivity index (χ0v) is 19.0. The van der Waals surface area contributed by atoms with Gasteiger partial charge in [-0.15, -0.1) is 0 Å². The molecule has 0 aliphatic rings. The van der Waals surface area contributed by atoms with Crippen LogP contribution in [-0.4, -0.2) is 10.5 Å². The highest BCUT2D eigenvalue weighted by Gasteiger charge is 2.23. The van der Waals surface area contributed by atoms with Crippen molar-refractivity contribution in [1.82, 2.24) is 9.88 Å². The number of hydrogen-bond acceptors (Lipinski definition) is 3. The highest BCUT2D eigenvalue weighted by molar-refractivity contribution is 5.86. The Hall–Kier alpha value is -4.25.